The van der Waals surface area contributed by atoms with Crippen LogP contribution in [0, 0.1) is 0 Å². The first-order valence-corrected chi connectivity index (χ1v) is 2.83. The van der Waals surface area contributed by atoms with E-state index in [1.54, 1.807) is 0 Å². The summed E-state index contributed by atoms with van der Waals surface area (Å²) >= 11 is 0. The van der Waals surface area contributed by atoms with Gasteiger partial charge in [-0.3, -0.25) is 0 Å². The third kappa shape index (κ3) is 29.2. The maximum absolute atomic E-state index is 9.41. The quantitative estimate of drug-likeness (QED) is 0.278. The molecule has 0 aromatic carbocycles. The van der Waals surface area contributed by atoms with Crippen LogP contribution in [0.5, 0.6) is 0 Å². The standard InChI is InChI=1S/C4H4O4.C2H2O4.2Na/c5-3(6)1-2-4(7)8;3-1(4)2(5)6;;/h1-2H,(H,5,6)(H,7,8);(H,3,4)(H,5,6);;/q;;2*+1/p-2/b2-1+;;;. The predicted octanol–water partition coefficient (Wildman–Crippen LogP) is -9.79. The van der Waals surface area contributed by atoms with Crippen molar-refractivity contribution < 1.29 is 98.7 Å². The van der Waals surface area contributed by atoms with E-state index in [9.17, 15) is 19.8 Å². The van der Waals surface area contributed by atoms with Crippen LogP contribution in [0.4, 0.5) is 0 Å². The molecular weight excluding hydrogens is 246 g/mol. The summed E-state index contributed by atoms with van der Waals surface area (Å²) in [7, 11) is 0. The van der Waals surface area contributed by atoms with Crippen molar-refractivity contribution in [2.45, 2.75) is 0 Å². The van der Waals surface area contributed by atoms with Gasteiger partial charge in [-0.25, -0.2) is 9.59 Å². The minimum absolute atomic E-state index is 0. The molecule has 0 radical (unpaired) electrons. The van der Waals surface area contributed by atoms with E-state index in [2.05, 4.69) is 0 Å². The fourth-order valence-electron chi connectivity index (χ4n) is 0.136. The van der Waals surface area contributed by atoms with Crippen LogP contribution in [0.3, 0.4) is 0 Å². The van der Waals surface area contributed by atoms with E-state index >= 15 is 0 Å². The Kier molecular flexibility index (Phi) is 22.6. The summed E-state index contributed by atoms with van der Waals surface area (Å²) < 4.78 is 0. The van der Waals surface area contributed by atoms with Gasteiger partial charge in [0.25, 0.3) is 0 Å². The predicted molar refractivity (Wildman–Crippen MR) is 34.4 cm³/mol. The molecule has 0 amide bonds. The van der Waals surface area contributed by atoms with Crippen LogP contribution in [0.1, 0.15) is 0 Å². The maximum atomic E-state index is 9.41. The van der Waals surface area contributed by atoms with Crippen molar-refractivity contribution in [2.24, 2.45) is 0 Å². The molecule has 0 aliphatic rings. The fraction of sp³-hybridized carbons (Fsp3) is 0. The van der Waals surface area contributed by atoms with Crippen molar-refractivity contribution >= 4 is 23.9 Å². The van der Waals surface area contributed by atoms with Crippen LogP contribution in [-0.4, -0.2) is 34.1 Å². The Bertz CT molecular complexity index is 256. The average Bonchev–Trinajstić information content (AvgIpc) is 2.01. The SMILES string of the molecule is O=C(O)C(=O)O.O=C([O-])/C=C/C(=O)[O-].[Na+].[Na+]. The van der Waals surface area contributed by atoms with Gasteiger partial charge in [0.15, 0.2) is 0 Å². The first kappa shape index (κ1) is 24.7. The monoisotopic (exact) mass is 250 g/mol. The molecule has 0 saturated heterocycles. The number of aliphatic carboxylic acids is 4. The molecule has 16 heavy (non-hydrogen) atoms. The van der Waals surface area contributed by atoms with Gasteiger partial charge < -0.3 is 30.0 Å². The first-order chi connectivity index (χ1) is 6.27. The van der Waals surface area contributed by atoms with Crippen LogP contribution in [0.15, 0.2) is 12.2 Å². The Morgan fingerprint density at radius 1 is 0.750 bits per heavy atom. The molecule has 0 heterocycles. The molecule has 0 spiro atoms. The third-order valence-electron chi connectivity index (χ3n) is 0.538. The number of hydrogen-bond acceptors (Lipinski definition) is 6. The molecule has 2 N–H and O–H groups in total. The van der Waals surface area contributed by atoms with Gasteiger partial charge in [-0.1, -0.05) is 0 Å². The minimum Gasteiger partial charge on any atom is -0.545 e. The van der Waals surface area contributed by atoms with Gasteiger partial charge in [-0.05, 0) is 12.2 Å². The second-order valence-corrected chi connectivity index (χ2v) is 1.58. The molecule has 8 nitrogen and oxygen atoms in total. The maximum Gasteiger partial charge on any atom is 1.00 e. The molecule has 10 heteroatoms. The van der Waals surface area contributed by atoms with E-state index in [-0.39, 0.29) is 59.1 Å². The number of carbonyl (C=O) groups is 4. The van der Waals surface area contributed by atoms with Gasteiger partial charge in [0.05, 0.1) is 11.9 Å². The van der Waals surface area contributed by atoms with Crippen LogP contribution in [-0.2, 0) is 19.2 Å². The van der Waals surface area contributed by atoms with E-state index in [4.69, 9.17) is 19.8 Å². The second-order valence-electron chi connectivity index (χ2n) is 1.58. The number of carbonyl (C=O) groups excluding carboxylic acids is 2. The molecule has 0 atom stereocenters. The number of hydrogen-bond donors (Lipinski definition) is 2. The van der Waals surface area contributed by atoms with Crippen LogP contribution >= 0.6 is 0 Å². The van der Waals surface area contributed by atoms with E-state index in [1.807, 2.05) is 0 Å². The van der Waals surface area contributed by atoms with Crippen LogP contribution in [0.2, 0.25) is 0 Å². The Morgan fingerprint density at radius 2 is 0.938 bits per heavy atom. The summed E-state index contributed by atoms with van der Waals surface area (Å²) in [5, 5.41) is 33.6. The summed E-state index contributed by atoms with van der Waals surface area (Å²) in [6.07, 6.45) is 0.769. The Morgan fingerprint density at radius 3 is 1.00 bits per heavy atom. The number of carboxylic acids is 4. The van der Waals surface area contributed by atoms with E-state index in [1.165, 1.54) is 0 Å². The van der Waals surface area contributed by atoms with Gasteiger partial charge in [-0.2, -0.15) is 0 Å². The van der Waals surface area contributed by atoms with Gasteiger partial charge in [0, 0.05) is 0 Å². The molecular formula is C6H4Na2O8. The van der Waals surface area contributed by atoms with Crippen molar-refractivity contribution in [3.8, 4) is 0 Å². The van der Waals surface area contributed by atoms with E-state index in [0.29, 0.717) is 12.2 Å². The molecule has 0 aliphatic heterocycles. The fourth-order valence-corrected chi connectivity index (χ4v) is 0.136. The molecule has 0 aromatic rings. The zero-order chi connectivity index (χ0) is 11.7. The Balaban J connectivity index is -0.0000000825. The molecule has 0 aliphatic carbocycles. The van der Waals surface area contributed by atoms with Gasteiger partial charge in [-0.15, -0.1) is 0 Å². The smallest absolute Gasteiger partial charge is 0.545 e. The summed E-state index contributed by atoms with van der Waals surface area (Å²) in [6, 6.07) is 0. The number of carboxylic acid groups (broad SMARTS) is 4. The van der Waals surface area contributed by atoms with Crippen molar-refractivity contribution in [1.29, 1.82) is 0 Å². The molecule has 0 unspecified atom stereocenters. The topological polar surface area (TPSA) is 155 Å². The Labute approximate surface area is 134 Å². The zero-order valence-electron chi connectivity index (χ0n) is 8.50. The average molecular weight is 250 g/mol. The Hall–Kier alpha value is -0.380. The van der Waals surface area contributed by atoms with Crippen molar-refractivity contribution in [3.05, 3.63) is 12.2 Å². The second kappa shape index (κ2) is 14.6. The first-order valence-electron chi connectivity index (χ1n) is 2.83. The van der Waals surface area contributed by atoms with E-state index in [0.717, 1.165) is 0 Å². The number of rotatable bonds is 2. The molecule has 0 aromatic heterocycles. The summed E-state index contributed by atoms with van der Waals surface area (Å²) in [5.41, 5.74) is 0. The molecule has 78 valence electrons. The molecule has 0 rings (SSSR count). The summed E-state index contributed by atoms with van der Waals surface area (Å²) in [4.78, 5) is 37.0. The minimum atomic E-state index is -1.82. The zero-order valence-corrected chi connectivity index (χ0v) is 12.5. The van der Waals surface area contributed by atoms with Crippen LogP contribution in [0.25, 0.3) is 0 Å². The molecule has 0 fully saturated rings. The van der Waals surface area contributed by atoms with Gasteiger partial charge >= 0.3 is 71.1 Å². The van der Waals surface area contributed by atoms with Crippen molar-refractivity contribution in [1.82, 2.24) is 0 Å². The summed E-state index contributed by atoms with van der Waals surface area (Å²) in [5.74, 6) is -6.74. The van der Waals surface area contributed by atoms with Gasteiger partial charge in [0.2, 0.25) is 0 Å². The molecule has 0 saturated carbocycles. The van der Waals surface area contributed by atoms with Crippen LogP contribution < -0.4 is 69.3 Å². The normalized spacial score (nSPS) is 7.50. The molecule has 0 bridgehead atoms. The van der Waals surface area contributed by atoms with E-state index < -0.39 is 23.9 Å². The third-order valence-corrected chi connectivity index (χ3v) is 0.538. The summed E-state index contributed by atoms with van der Waals surface area (Å²) in [6.45, 7) is 0. The van der Waals surface area contributed by atoms with Crippen molar-refractivity contribution in [3.63, 3.8) is 0 Å². The van der Waals surface area contributed by atoms with Crippen molar-refractivity contribution in [2.75, 3.05) is 0 Å². The largest absolute Gasteiger partial charge is 1.00 e. The van der Waals surface area contributed by atoms with Gasteiger partial charge in [0.1, 0.15) is 0 Å².